The van der Waals surface area contributed by atoms with Gasteiger partial charge in [0.2, 0.25) is 0 Å². The molecule has 2 heteroatoms. The lowest BCUT2D eigenvalue weighted by Gasteiger charge is -2.31. The maximum atomic E-state index is 5.89. The van der Waals surface area contributed by atoms with Crippen molar-refractivity contribution in [2.24, 2.45) is 0 Å². The van der Waals surface area contributed by atoms with E-state index in [0.717, 1.165) is 19.6 Å². The van der Waals surface area contributed by atoms with Crippen molar-refractivity contribution in [2.75, 3.05) is 13.1 Å². The smallest absolute Gasteiger partial charge is 0.114 e. The molecule has 1 aliphatic rings. The number of rotatable bonds is 3. The normalized spacial score (nSPS) is 17.1. The van der Waals surface area contributed by atoms with Crippen molar-refractivity contribution in [2.45, 2.75) is 25.3 Å². The summed E-state index contributed by atoms with van der Waals surface area (Å²) in [6.45, 7) is 3.36. The fourth-order valence-corrected chi connectivity index (χ4v) is 3.53. The first-order chi connectivity index (χ1) is 10.9. The Balaban J connectivity index is 1.43. The molecule has 1 aromatic heterocycles. The zero-order chi connectivity index (χ0) is 14.8. The van der Waals surface area contributed by atoms with E-state index in [1.807, 2.05) is 6.26 Å². The summed E-state index contributed by atoms with van der Waals surface area (Å²) >= 11 is 0. The van der Waals surface area contributed by atoms with Crippen LogP contribution in [0.5, 0.6) is 0 Å². The second kappa shape index (κ2) is 5.98. The number of furan rings is 1. The van der Waals surface area contributed by atoms with E-state index in [2.05, 4.69) is 59.5 Å². The molecule has 22 heavy (non-hydrogen) atoms. The molecule has 0 atom stereocenters. The van der Waals surface area contributed by atoms with E-state index in [0.29, 0.717) is 5.92 Å². The van der Waals surface area contributed by atoms with Gasteiger partial charge in [-0.1, -0.05) is 54.6 Å². The summed E-state index contributed by atoms with van der Waals surface area (Å²) in [5.74, 6) is 1.75. The summed E-state index contributed by atoms with van der Waals surface area (Å²) in [5, 5.41) is 2.52. The molecule has 0 bridgehead atoms. The molecule has 0 unspecified atom stereocenters. The number of likely N-dealkylation sites (tertiary alicyclic amines) is 1. The van der Waals surface area contributed by atoms with E-state index in [-0.39, 0.29) is 0 Å². The topological polar surface area (TPSA) is 16.4 Å². The molecule has 3 aromatic rings. The fraction of sp³-hybridized carbons (Fsp3) is 0.300. The Kier molecular flexibility index (Phi) is 3.69. The van der Waals surface area contributed by atoms with E-state index >= 15 is 0 Å². The molecule has 1 saturated heterocycles. The Hall–Kier alpha value is -2.06. The van der Waals surface area contributed by atoms with Crippen LogP contribution in [0.2, 0.25) is 0 Å². The van der Waals surface area contributed by atoms with Crippen LogP contribution in [0.4, 0.5) is 0 Å². The van der Waals surface area contributed by atoms with Crippen molar-refractivity contribution in [3.05, 3.63) is 72.2 Å². The third-order valence-corrected chi connectivity index (χ3v) is 4.75. The zero-order valence-electron chi connectivity index (χ0n) is 12.7. The number of hydrogen-bond acceptors (Lipinski definition) is 2. The average Bonchev–Trinajstić information content (AvgIpc) is 3.01. The van der Waals surface area contributed by atoms with Crippen molar-refractivity contribution in [3.8, 4) is 0 Å². The lowest BCUT2D eigenvalue weighted by atomic mass is 9.92. The van der Waals surface area contributed by atoms with Crippen LogP contribution < -0.4 is 0 Å². The Morgan fingerprint density at radius 1 is 0.909 bits per heavy atom. The molecular weight excluding hydrogens is 270 g/mol. The highest BCUT2D eigenvalue weighted by Crippen LogP contribution is 2.34. The van der Waals surface area contributed by atoms with Crippen molar-refractivity contribution in [1.82, 2.24) is 4.90 Å². The Morgan fingerprint density at radius 2 is 1.64 bits per heavy atom. The summed E-state index contributed by atoms with van der Waals surface area (Å²) < 4.78 is 5.89. The molecule has 2 nitrogen and oxygen atoms in total. The first-order valence-electron chi connectivity index (χ1n) is 8.12. The molecule has 2 heterocycles. The minimum Gasteiger partial charge on any atom is -0.468 e. The number of hydrogen-bond donors (Lipinski definition) is 0. The van der Waals surface area contributed by atoms with Gasteiger partial charge in [0.25, 0.3) is 0 Å². The van der Waals surface area contributed by atoms with E-state index in [1.165, 1.54) is 34.9 Å². The van der Waals surface area contributed by atoms with E-state index < -0.39 is 0 Å². The van der Waals surface area contributed by atoms with Gasteiger partial charge in [-0.25, -0.2) is 0 Å². The highest BCUT2D eigenvalue weighted by Gasteiger charge is 2.24. The average molecular weight is 291 g/mol. The maximum Gasteiger partial charge on any atom is 0.114 e. The highest BCUT2D eigenvalue weighted by atomic mass is 16.3. The molecule has 0 N–H and O–H groups in total. The van der Waals surface area contributed by atoms with Crippen LogP contribution in [0.3, 0.4) is 0 Å². The highest BCUT2D eigenvalue weighted by molar-refractivity contribution is 5.84. The SMILES string of the molecule is c1ccc(CN2CCC(c3occ4ccccc34)CC2)cc1. The first-order valence-corrected chi connectivity index (χ1v) is 8.12. The van der Waals surface area contributed by atoms with Crippen LogP contribution in [-0.4, -0.2) is 18.0 Å². The van der Waals surface area contributed by atoms with Crippen LogP contribution in [-0.2, 0) is 6.54 Å². The number of benzene rings is 2. The minimum absolute atomic E-state index is 0.562. The third-order valence-electron chi connectivity index (χ3n) is 4.75. The van der Waals surface area contributed by atoms with Gasteiger partial charge < -0.3 is 4.42 Å². The second-order valence-corrected chi connectivity index (χ2v) is 6.22. The fourth-order valence-electron chi connectivity index (χ4n) is 3.53. The summed E-state index contributed by atoms with van der Waals surface area (Å²) in [4.78, 5) is 2.55. The van der Waals surface area contributed by atoms with Crippen molar-refractivity contribution >= 4 is 10.8 Å². The van der Waals surface area contributed by atoms with Crippen LogP contribution in [0.1, 0.15) is 30.1 Å². The van der Waals surface area contributed by atoms with Gasteiger partial charge in [0, 0.05) is 23.2 Å². The zero-order valence-corrected chi connectivity index (χ0v) is 12.7. The number of nitrogens with zero attached hydrogens (tertiary/aromatic N) is 1. The molecule has 0 spiro atoms. The summed E-state index contributed by atoms with van der Waals surface area (Å²) in [7, 11) is 0. The van der Waals surface area contributed by atoms with Crippen LogP contribution in [0, 0.1) is 0 Å². The Labute approximate surface area is 131 Å². The van der Waals surface area contributed by atoms with Crippen molar-refractivity contribution in [3.63, 3.8) is 0 Å². The van der Waals surface area contributed by atoms with Gasteiger partial charge in [0.1, 0.15) is 5.76 Å². The lowest BCUT2D eigenvalue weighted by molar-refractivity contribution is 0.196. The third kappa shape index (κ3) is 2.67. The predicted octanol–water partition coefficient (Wildman–Crippen LogP) is 4.81. The summed E-state index contributed by atoms with van der Waals surface area (Å²) in [6.07, 6.45) is 4.27. The number of piperidine rings is 1. The molecule has 4 rings (SSSR count). The molecule has 0 amide bonds. The second-order valence-electron chi connectivity index (χ2n) is 6.22. The maximum absolute atomic E-state index is 5.89. The summed E-state index contributed by atoms with van der Waals surface area (Å²) in [5.41, 5.74) is 1.41. The molecule has 1 aliphatic heterocycles. The quantitative estimate of drug-likeness (QED) is 0.688. The number of fused-ring (bicyclic) bond motifs is 1. The monoisotopic (exact) mass is 291 g/mol. The molecule has 0 saturated carbocycles. The first kappa shape index (κ1) is 13.6. The van der Waals surface area contributed by atoms with Gasteiger partial charge in [-0.15, -0.1) is 0 Å². The molecule has 2 aromatic carbocycles. The van der Waals surface area contributed by atoms with Gasteiger partial charge in [0.05, 0.1) is 6.26 Å². The Bertz CT molecular complexity index is 739. The molecule has 0 aliphatic carbocycles. The van der Waals surface area contributed by atoms with Crippen LogP contribution >= 0.6 is 0 Å². The summed E-state index contributed by atoms with van der Waals surface area (Å²) in [6, 6.07) is 19.2. The predicted molar refractivity (Wildman–Crippen MR) is 89.9 cm³/mol. The molecular formula is C20H21NO. The van der Waals surface area contributed by atoms with E-state index in [4.69, 9.17) is 4.42 Å². The van der Waals surface area contributed by atoms with Gasteiger partial charge in [0.15, 0.2) is 0 Å². The van der Waals surface area contributed by atoms with Gasteiger partial charge in [-0.3, -0.25) is 4.90 Å². The van der Waals surface area contributed by atoms with Crippen molar-refractivity contribution in [1.29, 1.82) is 0 Å². The van der Waals surface area contributed by atoms with Crippen LogP contribution in [0.25, 0.3) is 10.8 Å². The minimum atomic E-state index is 0.562. The van der Waals surface area contributed by atoms with E-state index in [9.17, 15) is 0 Å². The Morgan fingerprint density at radius 3 is 2.45 bits per heavy atom. The largest absolute Gasteiger partial charge is 0.468 e. The molecule has 112 valence electrons. The van der Waals surface area contributed by atoms with Crippen LogP contribution in [0.15, 0.2) is 65.3 Å². The van der Waals surface area contributed by atoms with Crippen molar-refractivity contribution < 1.29 is 4.42 Å². The standard InChI is InChI=1S/C20H21NO/c1-2-6-16(7-3-1)14-21-12-10-17(11-13-21)20-19-9-5-4-8-18(19)15-22-20/h1-9,15,17H,10-14H2. The van der Waals surface area contributed by atoms with Gasteiger partial charge >= 0.3 is 0 Å². The van der Waals surface area contributed by atoms with E-state index in [1.54, 1.807) is 0 Å². The van der Waals surface area contributed by atoms with Gasteiger partial charge in [-0.2, -0.15) is 0 Å². The molecule has 0 radical (unpaired) electrons. The lowest BCUT2D eigenvalue weighted by Crippen LogP contribution is -2.32. The van der Waals surface area contributed by atoms with Gasteiger partial charge in [-0.05, 0) is 31.5 Å². The molecule has 1 fully saturated rings.